The summed E-state index contributed by atoms with van der Waals surface area (Å²) in [6.07, 6.45) is -0.893. The molecule has 2 unspecified atom stereocenters. The molecular weight excluding hydrogens is 171 g/mol. The average Bonchev–Trinajstić information content (AvgIpc) is 1.85. The van der Waals surface area contributed by atoms with E-state index >= 15 is 0 Å². The Kier molecular flexibility index (Phi) is 9.47. The van der Waals surface area contributed by atoms with Crippen molar-refractivity contribution in [3.05, 3.63) is 12.7 Å². The molecule has 0 aromatic rings. The first-order valence-electron chi connectivity index (χ1n) is 3.26. The quantitative estimate of drug-likeness (QED) is 0.382. The molecule has 0 heterocycles. The summed E-state index contributed by atoms with van der Waals surface area (Å²) in [6.45, 7) is 3.28. The van der Waals surface area contributed by atoms with E-state index < -0.39 is 18.2 Å². The van der Waals surface area contributed by atoms with Gasteiger partial charge in [-0.3, -0.25) is 4.79 Å². The Morgan fingerprint density at radius 1 is 1.50 bits per heavy atom. The van der Waals surface area contributed by atoms with Crippen LogP contribution in [0.2, 0.25) is 0 Å². The van der Waals surface area contributed by atoms with E-state index in [0.717, 1.165) is 0 Å². The van der Waals surface area contributed by atoms with Gasteiger partial charge in [0.05, 0.1) is 18.6 Å². The van der Waals surface area contributed by atoms with E-state index in [9.17, 15) is 4.79 Å². The molecule has 0 saturated heterocycles. The molecule has 3 N–H and O–H groups in total. The molecule has 0 aromatic heterocycles. The number of hydrogen-bond acceptors (Lipinski definition) is 3. The molecule has 12 heavy (non-hydrogen) atoms. The first-order chi connectivity index (χ1) is 5.06. The Bertz CT molecular complexity index is 148. The second kappa shape index (κ2) is 7.76. The third kappa shape index (κ3) is 8.23. The maximum atomic E-state index is 10.0. The molecule has 0 aliphatic heterocycles. The van der Waals surface area contributed by atoms with Gasteiger partial charge in [0.15, 0.2) is 0 Å². The fourth-order valence-electron chi connectivity index (χ4n) is 0.660. The molecule has 0 saturated carbocycles. The average molecular weight is 184 g/mol. The molecule has 0 radical (unpaired) electrons. The summed E-state index contributed by atoms with van der Waals surface area (Å²) in [5, 5.41) is 26.0. The van der Waals surface area contributed by atoms with Crippen LogP contribution in [0.3, 0.4) is 0 Å². The SMILES string of the molecule is C=CC(O)CC(O)CC(=O)O.[NaH]. The Hall–Kier alpha value is 0.130. The van der Waals surface area contributed by atoms with E-state index in [-0.39, 0.29) is 42.4 Å². The van der Waals surface area contributed by atoms with Crippen LogP contribution in [0.1, 0.15) is 12.8 Å². The topological polar surface area (TPSA) is 77.8 Å². The fourth-order valence-corrected chi connectivity index (χ4v) is 0.660. The molecule has 66 valence electrons. The van der Waals surface area contributed by atoms with Gasteiger partial charge in [0.2, 0.25) is 0 Å². The van der Waals surface area contributed by atoms with Crippen LogP contribution in [0.15, 0.2) is 12.7 Å². The Labute approximate surface area is 93.2 Å². The van der Waals surface area contributed by atoms with Crippen molar-refractivity contribution in [1.82, 2.24) is 0 Å². The van der Waals surface area contributed by atoms with Crippen LogP contribution in [0.5, 0.6) is 0 Å². The summed E-state index contributed by atoms with van der Waals surface area (Å²) in [6, 6.07) is 0. The minimum atomic E-state index is -1.08. The third-order valence-corrected chi connectivity index (χ3v) is 1.20. The number of aliphatic hydroxyl groups excluding tert-OH is 2. The molecule has 0 fully saturated rings. The predicted octanol–water partition coefficient (Wildman–Crippen LogP) is -0.889. The molecule has 0 bridgehead atoms. The first-order valence-corrected chi connectivity index (χ1v) is 3.26. The van der Waals surface area contributed by atoms with Crippen molar-refractivity contribution in [3.8, 4) is 0 Å². The van der Waals surface area contributed by atoms with Gasteiger partial charge in [-0.15, -0.1) is 6.58 Å². The minimum absolute atomic E-state index is 0. The van der Waals surface area contributed by atoms with Crippen LogP contribution in [0, 0.1) is 0 Å². The van der Waals surface area contributed by atoms with Gasteiger partial charge in [0.1, 0.15) is 0 Å². The number of carboxylic acids is 1. The van der Waals surface area contributed by atoms with Crippen molar-refractivity contribution in [2.24, 2.45) is 0 Å². The molecule has 0 aliphatic rings. The van der Waals surface area contributed by atoms with Crippen LogP contribution >= 0.6 is 0 Å². The summed E-state index contributed by atoms with van der Waals surface area (Å²) in [7, 11) is 0. The molecule has 0 amide bonds. The van der Waals surface area contributed by atoms with Crippen molar-refractivity contribution in [3.63, 3.8) is 0 Å². The van der Waals surface area contributed by atoms with Gasteiger partial charge in [0, 0.05) is 6.42 Å². The van der Waals surface area contributed by atoms with Crippen molar-refractivity contribution in [1.29, 1.82) is 0 Å². The van der Waals surface area contributed by atoms with E-state index in [1.165, 1.54) is 6.08 Å². The molecule has 4 nitrogen and oxygen atoms in total. The van der Waals surface area contributed by atoms with E-state index in [1.54, 1.807) is 0 Å². The molecule has 0 rings (SSSR count). The van der Waals surface area contributed by atoms with Gasteiger partial charge in [-0.2, -0.15) is 0 Å². The zero-order valence-electron chi connectivity index (χ0n) is 6.10. The summed E-state index contributed by atoms with van der Waals surface area (Å²) >= 11 is 0. The number of hydrogen-bond donors (Lipinski definition) is 3. The Balaban J connectivity index is 0. The van der Waals surface area contributed by atoms with E-state index in [2.05, 4.69) is 6.58 Å². The van der Waals surface area contributed by atoms with E-state index in [4.69, 9.17) is 15.3 Å². The molecule has 0 spiro atoms. The van der Waals surface area contributed by atoms with Crippen molar-refractivity contribution in [2.45, 2.75) is 25.0 Å². The van der Waals surface area contributed by atoms with Crippen LogP contribution in [0.4, 0.5) is 0 Å². The second-order valence-corrected chi connectivity index (χ2v) is 2.29. The fraction of sp³-hybridized carbons (Fsp3) is 0.571. The first kappa shape index (κ1) is 14.6. The molecule has 2 atom stereocenters. The van der Waals surface area contributed by atoms with Crippen molar-refractivity contribution < 1.29 is 20.1 Å². The third-order valence-electron chi connectivity index (χ3n) is 1.20. The van der Waals surface area contributed by atoms with Gasteiger partial charge < -0.3 is 15.3 Å². The number of aliphatic hydroxyl groups is 2. The molecule has 5 heteroatoms. The van der Waals surface area contributed by atoms with Gasteiger partial charge in [-0.1, -0.05) is 6.08 Å². The van der Waals surface area contributed by atoms with E-state index in [1.807, 2.05) is 0 Å². The standard InChI is InChI=1S/C7H12O4.Na.H/c1-2-5(8)3-6(9)4-7(10)11;;/h2,5-6,8-9H,1,3-4H2,(H,10,11);;. The molecule has 0 aromatic carbocycles. The second-order valence-electron chi connectivity index (χ2n) is 2.29. The number of aliphatic carboxylic acids is 1. The van der Waals surface area contributed by atoms with Gasteiger partial charge in [-0.25, -0.2) is 0 Å². The monoisotopic (exact) mass is 184 g/mol. The van der Waals surface area contributed by atoms with Crippen molar-refractivity contribution in [2.75, 3.05) is 0 Å². The van der Waals surface area contributed by atoms with Crippen LogP contribution in [0.25, 0.3) is 0 Å². The van der Waals surface area contributed by atoms with Crippen molar-refractivity contribution >= 4 is 35.5 Å². The molecule has 0 aliphatic carbocycles. The number of rotatable bonds is 5. The van der Waals surface area contributed by atoms with Crippen LogP contribution < -0.4 is 0 Å². The zero-order chi connectivity index (χ0) is 8.85. The summed E-state index contributed by atoms with van der Waals surface area (Å²) in [5.41, 5.74) is 0. The van der Waals surface area contributed by atoms with Gasteiger partial charge in [0.25, 0.3) is 0 Å². The normalized spacial score (nSPS) is 14.2. The number of carboxylic acid groups (broad SMARTS) is 1. The van der Waals surface area contributed by atoms with Crippen LogP contribution in [-0.2, 0) is 4.79 Å². The number of carbonyl (C=O) groups is 1. The van der Waals surface area contributed by atoms with Crippen LogP contribution in [-0.4, -0.2) is 63.1 Å². The van der Waals surface area contributed by atoms with Gasteiger partial charge in [-0.05, 0) is 0 Å². The summed E-state index contributed by atoms with van der Waals surface area (Å²) < 4.78 is 0. The molecular formula is C7H13NaO4. The zero-order valence-corrected chi connectivity index (χ0v) is 6.10. The predicted molar refractivity (Wildman–Crippen MR) is 46.2 cm³/mol. The maximum absolute atomic E-state index is 10.0. The Morgan fingerprint density at radius 2 is 2.00 bits per heavy atom. The van der Waals surface area contributed by atoms with E-state index in [0.29, 0.717) is 0 Å². The Morgan fingerprint density at radius 3 is 2.33 bits per heavy atom. The summed E-state index contributed by atoms with van der Waals surface area (Å²) in [5.74, 6) is -1.08. The summed E-state index contributed by atoms with van der Waals surface area (Å²) in [4.78, 5) is 10.0. The van der Waals surface area contributed by atoms with Gasteiger partial charge >= 0.3 is 35.5 Å².